The van der Waals surface area contributed by atoms with Gasteiger partial charge in [0.1, 0.15) is 36.3 Å². The van der Waals surface area contributed by atoms with Gasteiger partial charge in [-0.3, -0.25) is 33.6 Å². The van der Waals surface area contributed by atoms with Crippen molar-refractivity contribution in [2.45, 2.75) is 137 Å². The molecule has 7 amide bonds. The second-order valence-corrected chi connectivity index (χ2v) is 17.7. The van der Waals surface area contributed by atoms with E-state index in [2.05, 4.69) is 37.2 Å². The molecule has 0 aliphatic heterocycles. The molecule has 7 atom stereocenters. The van der Waals surface area contributed by atoms with Crippen molar-refractivity contribution in [3.63, 3.8) is 0 Å². The van der Waals surface area contributed by atoms with E-state index >= 15 is 0 Å². The van der Waals surface area contributed by atoms with Crippen LogP contribution in [0.3, 0.4) is 0 Å². The summed E-state index contributed by atoms with van der Waals surface area (Å²) in [6, 6.07) is 9.85. The van der Waals surface area contributed by atoms with E-state index in [0.717, 1.165) is 0 Å². The van der Waals surface area contributed by atoms with Crippen LogP contribution in [0.1, 0.15) is 92.7 Å². The molecule has 0 bridgehead atoms. The van der Waals surface area contributed by atoms with E-state index < -0.39 is 102 Å². The van der Waals surface area contributed by atoms with Crippen LogP contribution in [-0.2, 0) is 51.2 Å². The first-order chi connectivity index (χ1) is 29.6. The molecule has 0 saturated carbocycles. The van der Waals surface area contributed by atoms with Crippen LogP contribution in [0.5, 0.6) is 0 Å². The molecule has 0 aliphatic rings. The summed E-state index contributed by atoms with van der Waals surface area (Å²) in [5.41, 5.74) is 7.32. The number of carbonyl (C=O) groups is 8. The van der Waals surface area contributed by atoms with Gasteiger partial charge in [-0.2, -0.15) is 0 Å². The maximum Gasteiger partial charge on any atom is 0.326 e. The summed E-state index contributed by atoms with van der Waals surface area (Å²) in [5.74, 6) is -6.24. The number of hydrogen-bond acceptors (Lipinski definition) is 9. The lowest BCUT2D eigenvalue weighted by molar-refractivity contribution is -0.143. The van der Waals surface area contributed by atoms with E-state index in [4.69, 9.17) is 5.73 Å². The molecule has 0 aromatic heterocycles. The van der Waals surface area contributed by atoms with Gasteiger partial charge in [0.05, 0.1) is 12.6 Å². The topological polar surface area (TPSA) is 267 Å². The van der Waals surface area contributed by atoms with Crippen LogP contribution in [0, 0.1) is 23.7 Å². The van der Waals surface area contributed by atoms with Crippen molar-refractivity contribution in [2.24, 2.45) is 29.4 Å². The Morgan fingerprint density at radius 3 is 1.32 bits per heavy atom. The summed E-state index contributed by atoms with van der Waals surface area (Å²) >= 11 is 0. The maximum atomic E-state index is 14.1. The molecule has 17 nitrogen and oxygen atoms in total. The van der Waals surface area contributed by atoms with Gasteiger partial charge in [-0.25, -0.2) is 4.79 Å². The van der Waals surface area contributed by atoms with Crippen molar-refractivity contribution in [2.75, 3.05) is 6.54 Å². The number of rotatable bonds is 26. The van der Waals surface area contributed by atoms with Crippen LogP contribution in [0.4, 0.5) is 0 Å². The molecule has 0 unspecified atom stereocenters. The first-order valence-electron chi connectivity index (χ1n) is 21.7. The minimum absolute atomic E-state index is 0.0124. The van der Waals surface area contributed by atoms with Crippen LogP contribution in [0.2, 0.25) is 0 Å². The number of benzene rings is 2. The SMILES string of the molecule is CC(C)C[C@H](NC(=O)CNC(=O)[C@@H](N)CC(C)C)C(=O)N[C@@H](CC(C)C)C(=O)N[C@@H](Cc1ccccc1)C(=O)N[C@@H](C)C(=O)N[C@@H](Cc1ccccc1)C(=O)N[C@H](C(=O)O)C(C)C. The largest absolute Gasteiger partial charge is 0.480 e. The highest BCUT2D eigenvalue weighted by Crippen LogP contribution is 2.12. The third-order valence-corrected chi connectivity index (χ3v) is 10.00. The number of nitrogens with two attached hydrogens (primary N) is 1. The zero-order valence-corrected chi connectivity index (χ0v) is 38.2. The third-order valence-electron chi connectivity index (χ3n) is 10.00. The number of aliphatic carboxylic acids is 1. The predicted octanol–water partition coefficient (Wildman–Crippen LogP) is 1.72. The van der Waals surface area contributed by atoms with Crippen LogP contribution >= 0.6 is 0 Å². The van der Waals surface area contributed by atoms with Crippen LogP contribution < -0.4 is 43.0 Å². The van der Waals surface area contributed by atoms with Crippen molar-refractivity contribution in [3.05, 3.63) is 71.8 Å². The molecule has 0 saturated heterocycles. The lowest BCUT2D eigenvalue weighted by atomic mass is 9.99. The summed E-state index contributed by atoms with van der Waals surface area (Å²) in [4.78, 5) is 106. The van der Waals surface area contributed by atoms with E-state index in [1.165, 1.54) is 6.92 Å². The Morgan fingerprint density at radius 1 is 0.492 bits per heavy atom. The molecule has 0 spiro atoms. The minimum Gasteiger partial charge on any atom is -0.480 e. The minimum atomic E-state index is -1.23. The molecule has 0 radical (unpaired) electrons. The number of carboxylic acid groups (broad SMARTS) is 1. The average Bonchev–Trinajstić information content (AvgIpc) is 3.20. The van der Waals surface area contributed by atoms with E-state index in [-0.39, 0.29) is 43.4 Å². The Morgan fingerprint density at radius 2 is 0.889 bits per heavy atom. The quantitative estimate of drug-likeness (QED) is 0.0661. The summed E-state index contributed by atoms with van der Waals surface area (Å²) in [5, 5.41) is 28.2. The highest BCUT2D eigenvalue weighted by atomic mass is 16.4. The van der Waals surface area contributed by atoms with E-state index in [0.29, 0.717) is 17.5 Å². The molecule has 10 N–H and O–H groups in total. The number of nitrogens with one attached hydrogen (secondary N) is 7. The molecular weight excluding hydrogens is 809 g/mol. The monoisotopic (exact) mass is 879 g/mol. The molecule has 0 aliphatic carbocycles. The maximum absolute atomic E-state index is 14.1. The van der Waals surface area contributed by atoms with Gasteiger partial charge in [0.2, 0.25) is 41.4 Å². The van der Waals surface area contributed by atoms with E-state index in [1.807, 2.05) is 41.5 Å². The first-order valence-corrected chi connectivity index (χ1v) is 21.7. The van der Waals surface area contributed by atoms with E-state index in [1.54, 1.807) is 74.5 Å². The van der Waals surface area contributed by atoms with Crippen LogP contribution in [0.25, 0.3) is 0 Å². The number of amides is 7. The van der Waals surface area contributed by atoms with Gasteiger partial charge in [-0.05, 0) is 61.0 Å². The van der Waals surface area contributed by atoms with Gasteiger partial charge < -0.3 is 48.1 Å². The normalized spacial score (nSPS) is 14.6. The fraction of sp³-hybridized carbons (Fsp3) is 0.565. The molecule has 2 aromatic rings. The zero-order valence-electron chi connectivity index (χ0n) is 38.2. The smallest absolute Gasteiger partial charge is 0.326 e. The molecule has 2 aromatic carbocycles. The van der Waals surface area contributed by atoms with Gasteiger partial charge in [0.15, 0.2) is 0 Å². The Bertz CT molecular complexity index is 1820. The van der Waals surface area contributed by atoms with Crippen molar-refractivity contribution >= 4 is 47.3 Å². The van der Waals surface area contributed by atoms with Gasteiger partial charge in [0, 0.05) is 12.8 Å². The zero-order chi connectivity index (χ0) is 47.4. The molecule has 0 fully saturated rings. The molecule has 348 valence electrons. The lowest BCUT2D eigenvalue weighted by Crippen LogP contribution is -2.60. The van der Waals surface area contributed by atoms with Crippen molar-refractivity contribution in [1.82, 2.24) is 37.2 Å². The second kappa shape index (κ2) is 26.6. The summed E-state index contributed by atoms with van der Waals surface area (Å²) in [6.45, 7) is 15.6. The summed E-state index contributed by atoms with van der Waals surface area (Å²) in [7, 11) is 0. The highest BCUT2D eigenvalue weighted by molar-refractivity contribution is 5.97. The Balaban J connectivity index is 2.30. The number of carboxylic acids is 1. The molecule has 0 heterocycles. The fourth-order valence-electron chi connectivity index (χ4n) is 6.67. The summed E-state index contributed by atoms with van der Waals surface area (Å²) < 4.78 is 0. The van der Waals surface area contributed by atoms with Crippen molar-refractivity contribution in [3.8, 4) is 0 Å². The van der Waals surface area contributed by atoms with Gasteiger partial charge >= 0.3 is 5.97 Å². The van der Waals surface area contributed by atoms with Crippen molar-refractivity contribution < 1.29 is 43.5 Å². The van der Waals surface area contributed by atoms with Gasteiger partial charge in [0.25, 0.3) is 0 Å². The standard InChI is InChI=1S/C46H70N8O9/c1-26(2)20-33(47)41(57)48-25-38(55)50-34(21-27(3)4)43(59)52-35(22-28(5)6)44(60)53-36(23-31-16-12-10-13-17-31)42(58)49-30(9)40(56)51-37(24-32-18-14-11-15-19-32)45(61)54-39(29(7)8)46(62)63/h10-19,26-30,33-37,39H,20-25,47H2,1-9H3,(H,48,57)(H,49,58)(H,50,55)(H,51,56)(H,52,59)(H,53,60)(H,54,61)(H,62,63)/t30-,33-,34-,35-,36-,37-,39-/m0/s1. The molecule has 63 heavy (non-hydrogen) atoms. The molecule has 2 rings (SSSR count). The third kappa shape index (κ3) is 19.8. The Kier molecular flexibility index (Phi) is 22.5. The summed E-state index contributed by atoms with van der Waals surface area (Å²) in [6.07, 6.45) is 0.869. The average molecular weight is 879 g/mol. The first kappa shape index (κ1) is 53.3. The Hall–Kier alpha value is -5.84. The lowest BCUT2D eigenvalue weighted by Gasteiger charge is -2.28. The highest BCUT2D eigenvalue weighted by Gasteiger charge is 2.33. The van der Waals surface area contributed by atoms with Crippen LogP contribution in [0.15, 0.2) is 60.7 Å². The number of carbonyl (C=O) groups excluding carboxylic acids is 7. The molecular formula is C46H70N8O9. The second-order valence-electron chi connectivity index (χ2n) is 17.7. The predicted molar refractivity (Wildman–Crippen MR) is 239 cm³/mol. The van der Waals surface area contributed by atoms with Crippen LogP contribution in [-0.4, -0.2) is 101 Å². The van der Waals surface area contributed by atoms with Crippen molar-refractivity contribution in [1.29, 1.82) is 0 Å². The Labute approximate surface area is 371 Å². The van der Waals surface area contributed by atoms with E-state index in [9.17, 15) is 43.5 Å². The van der Waals surface area contributed by atoms with Gasteiger partial charge in [-0.1, -0.05) is 116 Å². The fourth-order valence-corrected chi connectivity index (χ4v) is 6.67. The molecule has 17 heteroatoms. The number of hydrogen-bond donors (Lipinski definition) is 9. The van der Waals surface area contributed by atoms with Gasteiger partial charge in [-0.15, -0.1) is 0 Å².